The predicted octanol–water partition coefficient (Wildman–Crippen LogP) is 8.90. The number of methoxy groups -OCH3 is 6. The molecule has 0 aliphatic rings. The van der Waals surface area contributed by atoms with Crippen LogP contribution in [0.15, 0.2) is 110 Å². The summed E-state index contributed by atoms with van der Waals surface area (Å²) >= 11 is 4.16. The molecule has 5 heterocycles. The van der Waals surface area contributed by atoms with Gasteiger partial charge in [0.05, 0.1) is 198 Å². The minimum atomic E-state index is -0.689. The van der Waals surface area contributed by atoms with Gasteiger partial charge in [0, 0.05) is 102 Å². The lowest BCUT2D eigenvalue weighted by molar-refractivity contribution is 0.0146. The molecule has 0 bridgehead atoms. The van der Waals surface area contributed by atoms with E-state index in [-0.39, 0.29) is 108 Å². The number of rotatable bonds is 71. The normalized spacial score (nSPS) is 11.5. The minimum Gasteiger partial charge on any atom is -0.489 e. The van der Waals surface area contributed by atoms with Crippen LogP contribution in [0.1, 0.15) is 17.5 Å². The zero-order valence-electron chi connectivity index (χ0n) is 70.4. The average Bonchev–Trinajstić information content (AvgIpc) is 1.33. The molecule has 9 rings (SSSR count). The minimum absolute atomic E-state index is 0.0350. The van der Waals surface area contributed by atoms with E-state index >= 15 is 0 Å². The molecule has 0 unspecified atom stereocenters. The van der Waals surface area contributed by atoms with Crippen molar-refractivity contribution in [3.8, 4) is 79.9 Å². The zero-order valence-corrected chi connectivity index (χ0v) is 74.7. The number of halogens is 2. The Bertz CT molecular complexity index is 4490. The molecule has 4 aromatic carbocycles. The largest absolute Gasteiger partial charge is 0.489 e. The molecule has 9 aromatic rings. The monoisotopic (exact) mass is 1950 g/mol. The van der Waals surface area contributed by atoms with Gasteiger partial charge in [0.25, 0.3) is 0 Å². The lowest BCUT2D eigenvalue weighted by Crippen LogP contribution is -2.16. The van der Waals surface area contributed by atoms with Crippen LogP contribution >= 0.6 is 45.2 Å². The van der Waals surface area contributed by atoms with Gasteiger partial charge >= 0.3 is 11.3 Å². The van der Waals surface area contributed by atoms with Gasteiger partial charge in [-0.05, 0) is 123 Å². The fourth-order valence-electron chi connectivity index (χ4n) is 11.2. The maximum Gasteiger partial charge on any atom is 0.362 e. The van der Waals surface area contributed by atoms with Crippen LogP contribution < -0.4 is 49.1 Å². The zero-order chi connectivity index (χ0) is 86.5. The number of nitrogens with zero attached hydrogens (tertiary/aromatic N) is 7. The summed E-state index contributed by atoms with van der Waals surface area (Å²) < 4.78 is 165. The molecule has 0 saturated carbocycles. The van der Waals surface area contributed by atoms with Crippen LogP contribution in [0.2, 0.25) is 0 Å². The third kappa shape index (κ3) is 34.6. The molecule has 37 nitrogen and oxygen atoms in total. The van der Waals surface area contributed by atoms with Crippen molar-refractivity contribution in [2.75, 3.05) is 281 Å². The molecule has 0 N–H and O–H groups in total. The molecule has 0 aliphatic carbocycles. The summed E-state index contributed by atoms with van der Waals surface area (Å²) in [5.41, 5.74) is 2.61. The SMILES string of the molecule is COCCOCCOCCCOc1cc(COc2ccc3cc(-n4nnc(-c5cncc(-c6nnn(-c7cc8ccc(OCc9cc(OCCOCCOCCOC)c(OCCOCCOCCOC)c(OCCOCCOCCOC)c9)cc8oc7=O)c6I)c5)c4I)c(=O)oc3c2)cc(OCCOCCOCCOC)c1OCCOCCOCCOC. The molecule has 0 radical (unpaired) electrons. The van der Waals surface area contributed by atoms with E-state index in [1.807, 2.05) is 18.2 Å². The molecular formula is C84H111I2N7O30. The Hall–Kier alpha value is -8.13. The van der Waals surface area contributed by atoms with Gasteiger partial charge in [0.1, 0.15) is 87.7 Å². The quantitative estimate of drug-likeness (QED) is 0.0195. The summed E-state index contributed by atoms with van der Waals surface area (Å²) in [7, 11) is 9.70. The van der Waals surface area contributed by atoms with Gasteiger partial charge in [0.2, 0.25) is 11.5 Å². The van der Waals surface area contributed by atoms with Gasteiger partial charge in [-0.3, -0.25) is 4.98 Å². The number of hydrogen-bond acceptors (Lipinski definition) is 35. The predicted molar refractivity (Wildman–Crippen MR) is 463 cm³/mol. The van der Waals surface area contributed by atoms with Crippen molar-refractivity contribution in [2.24, 2.45) is 0 Å². The van der Waals surface area contributed by atoms with E-state index in [0.717, 1.165) is 0 Å². The highest BCUT2D eigenvalue weighted by Crippen LogP contribution is 2.42. The van der Waals surface area contributed by atoms with Crippen LogP contribution in [-0.4, -0.2) is 315 Å². The molecule has 123 heavy (non-hydrogen) atoms. The highest BCUT2D eigenvalue weighted by molar-refractivity contribution is 14.1. The second-order valence-electron chi connectivity index (χ2n) is 26.2. The second-order valence-corrected chi connectivity index (χ2v) is 28.2. The van der Waals surface area contributed by atoms with Gasteiger partial charge in [-0.2, -0.15) is 9.36 Å². The van der Waals surface area contributed by atoms with E-state index in [9.17, 15) is 9.59 Å². The summed E-state index contributed by atoms with van der Waals surface area (Å²) in [5.74, 6) is 3.06. The Balaban J connectivity index is 0.866. The summed E-state index contributed by atoms with van der Waals surface area (Å²) in [4.78, 5) is 32.6. The number of pyridine rings is 1. The fourth-order valence-corrected chi connectivity index (χ4v) is 12.7. The first kappa shape index (κ1) is 98.7. The molecule has 676 valence electrons. The first-order valence-corrected chi connectivity index (χ1v) is 42.3. The maximum absolute atomic E-state index is 14.0. The summed E-state index contributed by atoms with van der Waals surface area (Å²) in [6.45, 7) is 13.2. The molecule has 0 amide bonds. The van der Waals surface area contributed by atoms with E-state index < -0.39 is 11.3 Å². The summed E-state index contributed by atoms with van der Waals surface area (Å²) in [5, 5.41) is 19.0. The number of benzene rings is 4. The molecule has 39 heteroatoms. The first-order chi connectivity index (χ1) is 60.5. The van der Waals surface area contributed by atoms with Gasteiger partial charge in [-0.1, -0.05) is 10.4 Å². The van der Waals surface area contributed by atoms with Crippen LogP contribution in [0, 0.1) is 7.40 Å². The van der Waals surface area contributed by atoms with Crippen molar-refractivity contribution in [1.82, 2.24) is 35.0 Å². The Morgan fingerprint density at radius 2 is 0.593 bits per heavy atom. The third-order valence-electron chi connectivity index (χ3n) is 17.2. The van der Waals surface area contributed by atoms with Gasteiger partial charge in [0.15, 0.2) is 34.4 Å². The lowest BCUT2D eigenvalue weighted by atomic mass is 10.1. The van der Waals surface area contributed by atoms with Crippen molar-refractivity contribution >= 4 is 67.1 Å². The maximum atomic E-state index is 14.0. The average molecular weight is 1950 g/mol. The number of ether oxygens (including phenoxy) is 26. The fraction of sp³-hybridized carbons (Fsp3) is 0.536. The highest BCUT2D eigenvalue weighted by Gasteiger charge is 2.25. The van der Waals surface area contributed by atoms with Crippen molar-refractivity contribution < 1.29 is 132 Å². The van der Waals surface area contributed by atoms with Crippen LogP contribution in [0.25, 0.3) is 55.8 Å². The molecule has 0 atom stereocenters. The van der Waals surface area contributed by atoms with E-state index in [2.05, 4.69) is 70.8 Å². The van der Waals surface area contributed by atoms with E-state index in [0.29, 0.717) is 269 Å². The van der Waals surface area contributed by atoms with Crippen LogP contribution in [0.3, 0.4) is 0 Å². The summed E-state index contributed by atoms with van der Waals surface area (Å²) in [6.07, 6.45) is 3.79. The van der Waals surface area contributed by atoms with Crippen LogP contribution in [-0.2, 0) is 98.5 Å². The van der Waals surface area contributed by atoms with Gasteiger partial charge < -0.3 is 132 Å². The molecular weight excluding hydrogens is 1840 g/mol. The molecule has 0 aliphatic heterocycles. The Labute approximate surface area is 740 Å². The highest BCUT2D eigenvalue weighted by atomic mass is 127. The second kappa shape index (κ2) is 59.0. The Morgan fingerprint density at radius 3 is 0.911 bits per heavy atom. The van der Waals surface area contributed by atoms with Crippen LogP contribution in [0.5, 0.6) is 46.0 Å². The van der Waals surface area contributed by atoms with E-state index in [4.69, 9.17) is 132 Å². The molecule has 5 aromatic heterocycles. The molecule has 0 spiro atoms. The molecule has 0 saturated heterocycles. The number of aromatic nitrogens is 7. The number of fused-ring (bicyclic) bond motifs is 2. The van der Waals surface area contributed by atoms with Gasteiger partial charge in [-0.25, -0.2) is 9.59 Å². The Morgan fingerprint density at radius 1 is 0.309 bits per heavy atom. The van der Waals surface area contributed by atoms with E-state index in [1.54, 1.807) is 116 Å². The topological polar surface area (TPSA) is 375 Å². The standard InChI is InChI=1S/C84H111I2N7O30/c1-96-14-20-103-27-26-102-12-7-13-114-73-48-61(49-74(115-43-38-109-33-28-104-21-15-97-2)79(73)118-46-41-112-36-31-107-24-18-100-5)59-120-67-10-8-63-53-69(83(94)122-71(63)55-67)92-81(85)77(88-90-92)65-52-66(58-87-57-65)78-82(86)93(91-89-78)70-54-64-9-11-68(56-72(64)123-84(70)95)121-60-62-50-75(116-44-39-110-34-29-105-22-16-98-3)80(119-47-42-113-37-32-108-25-19-101-6)76(51-62)117-45-40-111-35-30-106-23-17-99-4/h8-11,48-58H,7,12-47,59-60H2,1-6H3. The third-order valence-corrected chi connectivity index (χ3v) is 19.2. The number of hydrogen-bond donors (Lipinski definition) is 0. The van der Waals surface area contributed by atoms with Gasteiger partial charge in [-0.15, -0.1) is 10.2 Å². The smallest absolute Gasteiger partial charge is 0.362 e. The first-order valence-electron chi connectivity index (χ1n) is 40.1. The van der Waals surface area contributed by atoms with Crippen molar-refractivity contribution in [2.45, 2.75) is 19.6 Å². The van der Waals surface area contributed by atoms with Crippen LogP contribution in [0.4, 0.5) is 0 Å². The van der Waals surface area contributed by atoms with Crippen molar-refractivity contribution in [1.29, 1.82) is 0 Å². The van der Waals surface area contributed by atoms with E-state index in [1.165, 1.54) is 9.36 Å². The summed E-state index contributed by atoms with van der Waals surface area (Å²) in [6, 6.07) is 22.7. The molecule has 0 fully saturated rings. The van der Waals surface area contributed by atoms with Crippen molar-refractivity contribution in [3.63, 3.8) is 0 Å². The van der Waals surface area contributed by atoms with Crippen molar-refractivity contribution in [3.05, 3.63) is 131 Å². The lowest BCUT2D eigenvalue weighted by Gasteiger charge is -2.19. The Kier molecular flexibility index (Phi) is 47.3.